The average Bonchev–Trinajstić information content (AvgIpc) is 2.83. The van der Waals surface area contributed by atoms with Crippen molar-refractivity contribution < 1.29 is 19.8 Å². The fourth-order valence-corrected chi connectivity index (χ4v) is 3.01. The fourth-order valence-electron chi connectivity index (χ4n) is 3.01. The zero-order valence-electron chi connectivity index (χ0n) is 11.2. The third-order valence-corrected chi connectivity index (χ3v) is 4.26. The van der Waals surface area contributed by atoms with Crippen molar-refractivity contribution in [3.63, 3.8) is 0 Å². The quantitative estimate of drug-likeness (QED) is 0.661. The molecule has 4 atom stereocenters. The summed E-state index contributed by atoms with van der Waals surface area (Å²) >= 11 is 0. The molecule has 2 fully saturated rings. The molecular weight excluding hydrogens is 248 g/mol. The van der Waals surface area contributed by atoms with Gasteiger partial charge < -0.3 is 20.4 Å². The van der Waals surface area contributed by atoms with Crippen LogP contribution < -0.4 is 5.32 Å². The number of aliphatic carboxylic acids is 1. The predicted molar refractivity (Wildman–Crippen MR) is 68.6 cm³/mol. The maximum Gasteiger partial charge on any atom is 0.326 e. The minimum atomic E-state index is -0.926. The normalized spacial score (nSPS) is 35.4. The number of amides is 1. The number of nitrogens with zero attached hydrogens (tertiary/aromatic N) is 1. The van der Waals surface area contributed by atoms with E-state index in [1.54, 1.807) is 0 Å². The number of carbonyl (C=O) groups is 2. The van der Waals surface area contributed by atoms with Gasteiger partial charge in [0.15, 0.2) is 0 Å². The van der Waals surface area contributed by atoms with Gasteiger partial charge in [-0.15, -0.1) is 0 Å². The van der Waals surface area contributed by atoms with Crippen molar-refractivity contribution >= 4 is 11.9 Å². The predicted octanol–water partition coefficient (Wildman–Crippen LogP) is -0.189. The van der Waals surface area contributed by atoms with Gasteiger partial charge in [0.25, 0.3) is 0 Å². The number of piperidine rings is 1. The number of aliphatic hydroxyl groups is 1. The molecule has 0 aromatic heterocycles. The standard InChI is InChI=1S/C13H22N2O4/c1-2-8-3-4-15(11(5-8)13(18)19)12(17)10-6-9(16)7-14-10/h8-11,14,16H,2-7H2,1H3,(H,18,19). The van der Waals surface area contributed by atoms with E-state index in [0.29, 0.717) is 31.8 Å². The molecule has 1 amide bonds. The molecule has 2 aliphatic rings. The molecule has 108 valence electrons. The number of aliphatic hydroxyl groups excluding tert-OH is 1. The van der Waals surface area contributed by atoms with E-state index in [-0.39, 0.29) is 5.91 Å². The molecule has 6 nitrogen and oxygen atoms in total. The van der Waals surface area contributed by atoms with Gasteiger partial charge in [-0.25, -0.2) is 4.79 Å². The summed E-state index contributed by atoms with van der Waals surface area (Å²) in [6.07, 6.45) is 2.21. The summed E-state index contributed by atoms with van der Waals surface area (Å²) in [5, 5.41) is 21.7. The average molecular weight is 270 g/mol. The van der Waals surface area contributed by atoms with Crippen molar-refractivity contribution in [3.05, 3.63) is 0 Å². The second-order valence-corrected chi connectivity index (χ2v) is 5.53. The monoisotopic (exact) mass is 270 g/mol. The van der Waals surface area contributed by atoms with Crippen LogP contribution in [0.3, 0.4) is 0 Å². The number of hydrogen-bond donors (Lipinski definition) is 3. The lowest BCUT2D eigenvalue weighted by atomic mass is 9.88. The lowest BCUT2D eigenvalue weighted by molar-refractivity contribution is -0.154. The van der Waals surface area contributed by atoms with Crippen LogP contribution in [0.25, 0.3) is 0 Å². The van der Waals surface area contributed by atoms with E-state index < -0.39 is 24.2 Å². The highest BCUT2D eigenvalue weighted by atomic mass is 16.4. The van der Waals surface area contributed by atoms with Gasteiger partial charge in [-0.3, -0.25) is 4.79 Å². The van der Waals surface area contributed by atoms with Crippen LogP contribution in [0.5, 0.6) is 0 Å². The second-order valence-electron chi connectivity index (χ2n) is 5.53. The van der Waals surface area contributed by atoms with Crippen molar-refractivity contribution in [3.8, 4) is 0 Å². The molecule has 2 heterocycles. The number of carboxylic acid groups (broad SMARTS) is 1. The minimum Gasteiger partial charge on any atom is -0.480 e. The van der Waals surface area contributed by atoms with E-state index >= 15 is 0 Å². The second kappa shape index (κ2) is 5.88. The number of nitrogens with one attached hydrogen (secondary N) is 1. The Morgan fingerprint density at radius 2 is 2.11 bits per heavy atom. The molecule has 6 heteroatoms. The van der Waals surface area contributed by atoms with E-state index in [0.717, 1.165) is 12.8 Å². The van der Waals surface area contributed by atoms with Crippen LogP contribution >= 0.6 is 0 Å². The van der Waals surface area contributed by atoms with E-state index in [9.17, 15) is 19.8 Å². The number of carboxylic acids is 1. The van der Waals surface area contributed by atoms with E-state index in [4.69, 9.17) is 0 Å². The first kappa shape index (κ1) is 14.3. The van der Waals surface area contributed by atoms with Crippen molar-refractivity contribution in [1.29, 1.82) is 0 Å². The Kier molecular flexibility index (Phi) is 4.42. The molecule has 0 bridgehead atoms. The first-order chi connectivity index (χ1) is 9.02. The van der Waals surface area contributed by atoms with Crippen LogP contribution in [0.1, 0.15) is 32.6 Å². The first-order valence-electron chi connectivity index (χ1n) is 6.97. The smallest absolute Gasteiger partial charge is 0.326 e. The summed E-state index contributed by atoms with van der Waals surface area (Å²) < 4.78 is 0. The molecule has 2 aliphatic heterocycles. The van der Waals surface area contributed by atoms with Gasteiger partial charge >= 0.3 is 5.97 Å². The Morgan fingerprint density at radius 1 is 1.37 bits per heavy atom. The van der Waals surface area contributed by atoms with Gasteiger partial charge in [0.1, 0.15) is 6.04 Å². The summed E-state index contributed by atoms with van der Waals surface area (Å²) in [6.45, 7) is 2.96. The summed E-state index contributed by atoms with van der Waals surface area (Å²) in [4.78, 5) is 25.2. The number of hydrogen-bond acceptors (Lipinski definition) is 4. The molecule has 4 unspecified atom stereocenters. The molecule has 2 saturated heterocycles. The van der Waals surface area contributed by atoms with Crippen LogP contribution in [0.4, 0.5) is 0 Å². The molecule has 19 heavy (non-hydrogen) atoms. The van der Waals surface area contributed by atoms with E-state index in [1.807, 2.05) is 0 Å². The van der Waals surface area contributed by atoms with Crippen molar-refractivity contribution in [2.45, 2.75) is 50.8 Å². The maximum atomic E-state index is 12.3. The van der Waals surface area contributed by atoms with Gasteiger partial charge in [0.05, 0.1) is 12.1 Å². The summed E-state index contributed by atoms with van der Waals surface area (Å²) in [7, 11) is 0. The summed E-state index contributed by atoms with van der Waals surface area (Å²) in [5.74, 6) is -0.726. The van der Waals surface area contributed by atoms with E-state index in [2.05, 4.69) is 12.2 Å². The van der Waals surface area contributed by atoms with Crippen molar-refractivity contribution in [1.82, 2.24) is 10.2 Å². The van der Waals surface area contributed by atoms with Crippen LogP contribution in [0.15, 0.2) is 0 Å². The topological polar surface area (TPSA) is 89.9 Å². The minimum absolute atomic E-state index is 0.182. The molecular formula is C13H22N2O4. The number of β-amino-alcohol motifs (C(OH)–C–C–N with tert-alkyl or cyclic N) is 1. The zero-order valence-corrected chi connectivity index (χ0v) is 11.2. The Labute approximate surface area is 112 Å². The summed E-state index contributed by atoms with van der Waals surface area (Å²) in [5.41, 5.74) is 0. The van der Waals surface area contributed by atoms with Crippen LogP contribution in [0, 0.1) is 5.92 Å². The van der Waals surface area contributed by atoms with Gasteiger partial charge in [-0.05, 0) is 25.2 Å². The Morgan fingerprint density at radius 3 is 2.63 bits per heavy atom. The Hall–Kier alpha value is -1.14. The zero-order chi connectivity index (χ0) is 14.0. The molecule has 0 radical (unpaired) electrons. The third-order valence-electron chi connectivity index (χ3n) is 4.26. The molecule has 0 aromatic carbocycles. The summed E-state index contributed by atoms with van der Waals surface area (Å²) in [6, 6.07) is -1.15. The van der Waals surface area contributed by atoms with Gasteiger partial charge in [0, 0.05) is 13.1 Å². The van der Waals surface area contributed by atoms with Crippen molar-refractivity contribution in [2.75, 3.05) is 13.1 Å². The largest absolute Gasteiger partial charge is 0.480 e. The molecule has 0 aliphatic carbocycles. The first-order valence-corrected chi connectivity index (χ1v) is 6.97. The van der Waals surface area contributed by atoms with Crippen molar-refractivity contribution in [2.24, 2.45) is 5.92 Å². The number of rotatable bonds is 3. The van der Waals surface area contributed by atoms with Gasteiger partial charge in [-0.1, -0.05) is 13.3 Å². The maximum absolute atomic E-state index is 12.3. The fraction of sp³-hybridized carbons (Fsp3) is 0.846. The molecule has 0 spiro atoms. The van der Waals surface area contributed by atoms with Crippen LogP contribution in [0.2, 0.25) is 0 Å². The highest BCUT2D eigenvalue weighted by Crippen LogP contribution is 2.27. The third kappa shape index (κ3) is 3.06. The lowest BCUT2D eigenvalue weighted by Crippen LogP contribution is -2.54. The SMILES string of the molecule is CCC1CCN(C(=O)C2CC(O)CN2)C(C(=O)O)C1. The highest BCUT2D eigenvalue weighted by molar-refractivity contribution is 5.87. The highest BCUT2D eigenvalue weighted by Gasteiger charge is 2.39. The number of likely N-dealkylation sites (tertiary alicyclic amines) is 1. The van der Waals surface area contributed by atoms with Crippen LogP contribution in [-0.2, 0) is 9.59 Å². The Balaban J connectivity index is 2.04. The number of carbonyl (C=O) groups excluding carboxylic acids is 1. The van der Waals surface area contributed by atoms with Gasteiger partial charge in [-0.2, -0.15) is 0 Å². The molecule has 3 N–H and O–H groups in total. The molecule has 0 saturated carbocycles. The molecule has 2 rings (SSSR count). The van der Waals surface area contributed by atoms with E-state index in [1.165, 1.54) is 4.90 Å². The Bertz CT molecular complexity index is 361. The lowest BCUT2D eigenvalue weighted by Gasteiger charge is -2.38. The molecule has 0 aromatic rings. The van der Waals surface area contributed by atoms with Gasteiger partial charge in [0.2, 0.25) is 5.91 Å². The van der Waals surface area contributed by atoms with Crippen LogP contribution in [-0.4, -0.2) is 58.3 Å².